The van der Waals surface area contributed by atoms with Gasteiger partial charge in [0.2, 0.25) is 0 Å². The summed E-state index contributed by atoms with van der Waals surface area (Å²) in [6.07, 6.45) is 0. The topological polar surface area (TPSA) is 52.9 Å². The Morgan fingerprint density at radius 1 is 1.60 bits per heavy atom. The van der Waals surface area contributed by atoms with Crippen LogP contribution in [0.15, 0.2) is 30.4 Å². The molecule has 0 fully saturated rings. The molecule has 0 bridgehead atoms. The minimum Gasteiger partial charge on any atom is -0.321 e. The summed E-state index contributed by atoms with van der Waals surface area (Å²) < 4.78 is 0. The lowest BCUT2D eigenvalue weighted by Crippen LogP contribution is -2.12. The van der Waals surface area contributed by atoms with E-state index in [1.165, 1.54) is 6.07 Å². The normalized spacial score (nSPS) is 9.13. The van der Waals surface area contributed by atoms with Gasteiger partial charge in [0.15, 0.2) is 0 Å². The molecule has 0 saturated heterocycles. The van der Waals surface area contributed by atoms with Crippen molar-refractivity contribution in [3.8, 4) is 6.07 Å². The van der Waals surface area contributed by atoms with Gasteiger partial charge in [-0.25, -0.2) is 0 Å². The summed E-state index contributed by atoms with van der Waals surface area (Å²) in [5.41, 5.74) is 1.14. The first-order valence-corrected chi connectivity index (χ1v) is 4.59. The van der Waals surface area contributed by atoms with Crippen LogP contribution in [0.2, 0.25) is 5.02 Å². The third kappa shape index (κ3) is 2.83. The van der Waals surface area contributed by atoms with Crippen LogP contribution in [0.25, 0.3) is 0 Å². The lowest BCUT2D eigenvalue weighted by Gasteiger charge is -2.06. The summed E-state index contributed by atoms with van der Waals surface area (Å²) in [6.45, 7) is 5.09. The fourth-order valence-corrected chi connectivity index (χ4v) is 1.12. The molecule has 1 aromatic carbocycles. The highest BCUT2D eigenvalue weighted by atomic mass is 35.5. The summed E-state index contributed by atoms with van der Waals surface area (Å²) in [5.74, 6) is -0.325. The van der Waals surface area contributed by atoms with E-state index in [1.807, 2.05) is 6.07 Å². The van der Waals surface area contributed by atoms with Crippen molar-refractivity contribution in [1.29, 1.82) is 5.26 Å². The van der Waals surface area contributed by atoms with E-state index >= 15 is 0 Å². The van der Waals surface area contributed by atoms with Gasteiger partial charge in [0.25, 0.3) is 5.91 Å². The monoisotopic (exact) mass is 220 g/mol. The molecule has 0 saturated carbocycles. The molecular formula is C11H9ClN2O. The van der Waals surface area contributed by atoms with Crippen molar-refractivity contribution < 1.29 is 4.79 Å². The van der Waals surface area contributed by atoms with Crippen molar-refractivity contribution in [1.82, 2.24) is 0 Å². The zero-order valence-corrected chi connectivity index (χ0v) is 8.93. The highest BCUT2D eigenvalue weighted by Gasteiger charge is 2.07. The van der Waals surface area contributed by atoms with E-state index in [1.54, 1.807) is 19.1 Å². The van der Waals surface area contributed by atoms with E-state index in [-0.39, 0.29) is 5.91 Å². The first-order chi connectivity index (χ1) is 7.04. The first kappa shape index (κ1) is 11.3. The number of nitriles is 1. The molecule has 0 unspecified atom stereocenters. The number of anilines is 1. The van der Waals surface area contributed by atoms with Gasteiger partial charge in [0, 0.05) is 10.6 Å². The van der Waals surface area contributed by atoms with E-state index in [4.69, 9.17) is 16.9 Å². The molecule has 76 valence electrons. The standard InChI is InChI=1S/C11H9ClN2O/c1-7(2)11(15)14-10-5-9(12)4-3-8(10)6-13/h3-5H,1H2,2H3,(H,14,15). The summed E-state index contributed by atoms with van der Waals surface area (Å²) in [5, 5.41) is 11.8. The molecular weight excluding hydrogens is 212 g/mol. The van der Waals surface area contributed by atoms with Crippen LogP contribution in [0.4, 0.5) is 5.69 Å². The fraction of sp³-hybridized carbons (Fsp3) is 0.0909. The molecule has 1 aromatic rings. The fourth-order valence-electron chi connectivity index (χ4n) is 0.946. The van der Waals surface area contributed by atoms with Crippen LogP contribution >= 0.6 is 11.6 Å². The summed E-state index contributed by atoms with van der Waals surface area (Å²) in [6, 6.07) is 6.64. The van der Waals surface area contributed by atoms with Gasteiger partial charge in [-0.1, -0.05) is 18.2 Å². The molecule has 1 amide bonds. The second kappa shape index (κ2) is 4.63. The predicted octanol–water partition coefficient (Wildman–Crippen LogP) is 2.73. The Hall–Kier alpha value is -1.79. The van der Waals surface area contributed by atoms with E-state index < -0.39 is 0 Å². The molecule has 0 atom stereocenters. The number of nitrogens with one attached hydrogen (secondary N) is 1. The quantitative estimate of drug-likeness (QED) is 0.780. The minimum absolute atomic E-state index is 0.325. The second-order valence-corrected chi connectivity index (χ2v) is 3.47. The Morgan fingerprint density at radius 3 is 2.80 bits per heavy atom. The van der Waals surface area contributed by atoms with Gasteiger partial charge >= 0.3 is 0 Å². The van der Waals surface area contributed by atoms with Gasteiger partial charge in [-0.2, -0.15) is 5.26 Å². The maximum atomic E-state index is 11.3. The van der Waals surface area contributed by atoms with Gasteiger partial charge in [-0.15, -0.1) is 0 Å². The van der Waals surface area contributed by atoms with Crippen LogP contribution in [0.1, 0.15) is 12.5 Å². The Labute approximate surface area is 93.0 Å². The number of amides is 1. The summed E-state index contributed by atoms with van der Waals surface area (Å²) in [7, 11) is 0. The highest BCUT2D eigenvalue weighted by Crippen LogP contribution is 2.20. The number of rotatable bonds is 2. The van der Waals surface area contributed by atoms with Gasteiger partial charge in [0.1, 0.15) is 6.07 Å². The Kier molecular flexibility index (Phi) is 3.48. The van der Waals surface area contributed by atoms with Crippen LogP contribution in [0.5, 0.6) is 0 Å². The number of halogens is 1. The van der Waals surface area contributed by atoms with E-state index in [0.29, 0.717) is 21.8 Å². The molecule has 0 aliphatic rings. The van der Waals surface area contributed by atoms with Gasteiger partial charge < -0.3 is 5.32 Å². The Balaban J connectivity index is 3.04. The predicted molar refractivity (Wildman–Crippen MR) is 59.6 cm³/mol. The van der Waals surface area contributed by atoms with Crippen molar-refractivity contribution in [3.05, 3.63) is 40.9 Å². The van der Waals surface area contributed by atoms with Crippen LogP contribution in [-0.2, 0) is 4.79 Å². The van der Waals surface area contributed by atoms with Gasteiger partial charge in [-0.3, -0.25) is 4.79 Å². The van der Waals surface area contributed by atoms with Gasteiger partial charge in [-0.05, 0) is 25.1 Å². The molecule has 0 aliphatic carbocycles. The molecule has 0 aromatic heterocycles. The largest absolute Gasteiger partial charge is 0.321 e. The van der Waals surface area contributed by atoms with Crippen LogP contribution in [0.3, 0.4) is 0 Å². The van der Waals surface area contributed by atoms with Crippen molar-refractivity contribution in [2.24, 2.45) is 0 Å². The summed E-state index contributed by atoms with van der Waals surface area (Å²) >= 11 is 5.75. The van der Waals surface area contributed by atoms with Crippen LogP contribution in [0, 0.1) is 11.3 Å². The highest BCUT2D eigenvalue weighted by molar-refractivity contribution is 6.31. The number of carbonyl (C=O) groups excluding carboxylic acids is 1. The third-order valence-electron chi connectivity index (χ3n) is 1.74. The minimum atomic E-state index is -0.325. The third-order valence-corrected chi connectivity index (χ3v) is 1.97. The van der Waals surface area contributed by atoms with Crippen LogP contribution < -0.4 is 5.32 Å². The van der Waals surface area contributed by atoms with Crippen molar-refractivity contribution in [3.63, 3.8) is 0 Å². The number of benzene rings is 1. The summed E-state index contributed by atoms with van der Waals surface area (Å²) in [4.78, 5) is 11.3. The Bertz CT molecular complexity index is 460. The molecule has 1 N–H and O–H groups in total. The van der Waals surface area contributed by atoms with Gasteiger partial charge in [0.05, 0.1) is 11.3 Å². The lowest BCUT2D eigenvalue weighted by molar-refractivity contribution is -0.112. The molecule has 4 heteroatoms. The lowest BCUT2D eigenvalue weighted by atomic mass is 10.2. The SMILES string of the molecule is C=C(C)C(=O)Nc1cc(Cl)ccc1C#N. The van der Waals surface area contributed by atoms with Crippen molar-refractivity contribution in [2.45, 2.75) is 6.92 Å². The average molecular weight is 221 g/mol. The van der Waals surface area contributed by atoms with Crippen LogP contribution in [-0.4, -0.2) is 5.91 Å². The molecule has 15 heavy (non-hydrogen) atoms. The number of carbonyl (C=O) groups is 1. The number of hydrogen-bond donors (Lipinski definition) is 1. The van der Waals surface area contributed by atoms with E-state index in [2.05, 4.69) is 11.9 Å². The molecule has 1 rings (SSSR count). The molecule has 0 spiro atoms. The smallest absolute Gasteiger partial charge is 0.250 e. The molecule has 0 aliphatic heterocycles. The maximum absolute atomic E-state index is 11.3. The average Bonchev–Trinajstić information content (AvgIpc) is 2.18. The number of hydrogen-bond acceptors (Lipinski definition) is 2. The second-order valence-electron chi connectivity index (χ2n) is 3.04. The molecule has 0 heterocycles. The van der Waals surface area contributed by atoms with E-state index in [0.717, 1.165) is 0 Å². The maximum Gasteiger partial charge on any atom is 0.250 e. The van der Waals surface area contributed by atoms with E-state index in [9.17, 15) is 4.79 Å². The zero-order chi connectivity index (χ0) is 11.4. The van der Waals surface area contributed by atoms with Crippen molar-refractivity contribution in [2.75, 3.05) is 5.32 Å². The first-order valence-electron chi connectivity index (χ1n) is 4.21. The van der Waals surface area contributed by atoms with Crippen molar-refractivity contribution >= 4 is 23.2 Å². The Morgan fingerprint density at radius 2 is 2.27 bits per heavy atom. The molecule has 3 nitrogen and oxygen atoms in total. The zero-order valence-electron chi connectivity index (χ0n) is 8.17. The molecule has 0 radical (unpaired) electrons. The number of nitrogens with zero attached hydrogens (tertiary/aromatic N) is 1.